The summed E-state index contributed by atoms with van der Waals surface area (Å²) in [7, 11) is 0. The molecule has 1 N–H and O–H groups in total. The highest BCUT2D eigenvalue weighted by Crippen LogP contribution is 2.37. The van der Waals surface area contributed by atoms with Gasteiger partial charge in [-0.1, -0.05) is 40.2 Å². The molecule has 0 amide bonds. The van der Waals surface area contributed by atoms with E-state index in [9.17, 15) is 4.39 Å². The minimum absolute atomic E-state index is 0.168. The van der Waals surface area contributed by atoms with E-state index in [2.05, 4.69) is 52.4 Å². The summed E-state index contributed by atoms with van der Waals surface area (Å²) in [6.45, 7) is 2.13. The van der Waals surface area contributed by atoms with Gasteiger partial charge >= 0.3 is 0 Å². The van der Waals surface area contributed by atoms with E-state index in [1.807, 2.05) is 17.8 Å². The quantitative estimate of drug-likeness (QED) is 0.772. The summed E-state index contributed by atoms with van der Waals surface area (Å²) in [6.07, 6.45) is 1.12. The molecule has 110 valence electrons. The second-order valence-corrected chi connectivity index (χ2v) is 7.27. The molecule has 0 aromatic heterocycles. The van der Waals surface area contributed by atoms with E-state index in [4.69, 9.17) is 0 Å². The van der Waals surface area contributed by atoms with Crippen LogP contribution in [0.1, 0.15) is 36.6 Å². The molecule has 0 aliphatic carbocycles. The smallest absolute Gasteiger partial charge is 0.124 e. The normalized spacial score (nSPS) is 19.1. The molecule has 0 fully saturated rings. The third-order valence-corrected chi connectivity index (χ3v) is 5.65. The fraction of sp³-hybridized carbons (Fsp3) is 0.294. The highest BCUT2D eigenvalue weighted by Gasteiger charge is 2.22. The molecule has 2 unspecified atom stereocenters. The summed E-state index contributed by atoms with van der Waals surface area (Å²) >= 11 is 5.38. The Balaban J connectivity index is 1.81. The average molecular weight is 366 g/mol. The molecule has 1 nitrogen and oxygen atoms in total. The predicted octanol–water partition coefficient (Wildman–Crippen LogP) is 5.48. The van der Waals surface area contributed by atoms with Gasteiger partial charge in [-0.3, -0.25) is 0 Å². The zero-order valence-corrected chi connectivity index (χ0v) is 14.2. The Hall–Kier alpha value is -0.840. The predicted molar refractivity (Wildman–Crippen MR) is 90.2 cm³/mol. The first-order valence-electron chi connectivity index (χ1n) is 7.08. The average Bonchev–Trinajstić information content (AvgIpc) is 2.47. The molecule has 0 radical (unpaired) electrons. The SMILES string of the molecule is CC(NC1CCSc2ccccc21)c1ccc(F)cc1Br. The van der Waals surface area contributed by atoms with Gasteiger partial charge in [0.05, 0.1) is 0 Å². The van der Waals surface area contributed by atoms with Gasteiger partial charge in [0, 0.05) is 21.5 Å². The molecule has 4 heteroatoms. The Bertz CT molecular complexity index is 646. The highest BCUT2D eigenvalue weighted by molar-refractivity contribution is 9.10. The molecule has 2 aromatic carbocycles. The maximum Gasteiger partial charge on any atom is 0.124 e. The molecule has 21 heavy (non-hydrogen) atoms. The topological polar surface area (TPSA) is 12.0 Å². The number of hydrogen-bond donors (Lipinski definition) is 1. The second kappa shape index (κ2) is 6.51. The number of rotatable bonds is 3. The van der Waals surface area contributed by atoms with Gasteiger partial charge in [0.2, 0.25) is 0 Å². The number of benzene rings is 2. The number of hydrogen-bond acceptors (Lipinski definition) is 2. The van der Waals surface area contributed by atoms with E-state index in [-0.39, 0.29) is 11.9 Å². The van der Waals surface area contributed by atoms with Crippen molar-refractivity contribution in [3.8, 4) is 0 Å². The zero-order valence-electron chi connectivity index (χ0n) is 11.8. The molecule has 3 rings (SSSR count). The Labute approximate surface area is 137 Å². The van der Waals surface area contributed by atoms with Gasteiger partial charge in [0.25, 0.3) is 0 Å². The third kappa shape index (κ3) is 3.33. The first-order valence-corrected chi connectivity index (χ1v) is 8.86. The van der Waals surface area contributed by atoms with Gasteiger partial charge < -0.3 is 5.32 Å². The van der Waals surface area contributed by atoms with E-state index in [1.165, 1.54) is 22.6 Å². The van der Waals surface area contributed by atoms with Crippen LogP contribution in [0.5, 0.6) is 0 Å². The van der Waals surface area contributed by atoms with E-state index >= 15 is 0 Å². The lowest BCUT2D eigenvalue weighted by Gasteiger charge is -2.29. The first-order chi connectivity index (χ1) is 10.1. The fourth-order valence-corrected chi connectivity index (χ4v) is 4.58. The van der Waals surface area contributed by atoms with E-state index < -0.39 is 0 Å². The monoisotopic (exact) mass is 365 g/mol. The largest absolute Gasteiger partial charge is 0.303 e. The van der Waals surface area contributed by atoms with Crippen LogP contribution in [0.2, 0.25) is 0 Å². The lowest BCUT2D eigenvalue weighted by atomic mass is 10.0. The van der Waals surface area contributed by atoms with Crippen LogP contribution in [-0.2, 0) is 0 Å². The number of fused-ring (bicyclic) bond motifs is 1. The Morgan fingerprint density at radius 1 is 1.29 bits per heavy atom. The number of halogens is 2. The standard InChI is InChI=1S/C17H17BrFNS/c1-11(13-7-6-12(19)10-15(13)18)20-16-8-9-21-17-5-3-2-4-14(16)17/h2-7,10-11,16,20H,8-9H2,1H3. The van der Waals surface area contributed by atoms with E-state index in [0.29, 0.717) is 6.04 Å². The van der Waals surface area contributed by atoms with Crippen molar-refractivity contribution in [2.24, 2.45) is 0 Å². The van der Waals surface area contributed by atoms with Crippen LogP contribution in [-0.4, -0.2) is 5.75 Å². The minimum atomic E-state index is -0.211. The maximum absolute atomic E-state index is 13.2. The van der Waals surface area contributed by atoms with Crippen LogP contribution in [0.15, 0.2) is 51.8 Å². The second-order valence-electron chi connectivity index (χ2n) is 5.28. The summed E-state index contributed by atoms with van der Waals surface area (Å²) in [6, 6.07) is 14.0. The summed E-state index contributed by atoms with van der Waals surface area (Å²) < 4.78 is 14.0. The van der Waals surface area contributed by atoms with Gasteiger partial charge in [0.1, 0.15) is 5.82 Å². The van der Waals surface area contributed by atoms with Crippen LogP contribution < -0.4 is 5.32 Å². The highest BCUT2D eigenvalue weighted by atomic mass is 79.9. The fourth-order valence-electron chi connectivity index (χ4n) is 2.76. The van der Waals surface area contributed by atoms with Crippen LogP contribution in [0.25, 0.3) is 0 Å². The van der Waals surface area contributed by atoms with Crippen molar-refractivity contribution in [2.75, 3.05) is 5.75 Å². The third-order valence-electron chi connectivity index (χ3n) is 3.84. The van der Waals surface area contributed by atoms with E-state index in [1.54, 1.807) is 0 Å². The molecule has 2 aromatic rings. The first kappa shape index (κ1) is 15.1. The van der Waals surface area contributed by atoms with Gasteiger partial charge in [-0.2, -0.15) is 0 Å². The molecule has 2 atom stereocenters. The lowest BCUT2D eigenvalue weighted by molar-refractivity contribution is 0.449. The van der Waals surface area contributed by atoms with Crippen LogP contribution >= 0.6 is 27.7 Å². The summed E-state index contributed by atoms with van der Waals surface area (Å²) in [5.74, 6) is 0.920. The number of thioether (sulfide) groups is 1. The van der Waals surface area contributed by atoms with Crippen molar-refractivity contribution in [3.63, 3.8) is 0 Å². The molecule has 1 aliphatic rings. The van der Waals surface area contributed by atoms with Gasteiger partial charge in [0.15, 0.2) is 0 Å². The maximum atomic E-state index is 13.2. The van der Waals surface area contributed by atoms with Crippen LogP contribution in [0.4, 0.5) is 4.39 Å². The van der Waals surface area contributed by atoms with Crippen molar-refractivity contribution in [1.29, 1.82) is 0 Å². The van der Waals surface area contributed by atoms with Gasteiger partial charge in [-0.05, 0) is 48.4 Å². The Kier molecular flexibility index (Phi) is 4.67. The van der Waals surface area contributed by atoms with Crippen LogP contribution in [0.3, 0.4) is 0 Å². The Morgan fingerprint density at radius 3 is 2.90 bits per heavy atom. The van der Waals surface area contributed by atoms with Crippen molar-refractivity contribution in [3.05, 3.63) is 63.9 Å². The molecular weight excluding hydrogens is 349 g/mol. The summed E-state index contributed by atoms with van der Waals surface area (Å²) in [5.41, 5.74) is 2.46. The van der Waals surface area contributed by atoms with Crippen molar-refractivity contribution < 1.29 is 4.39 Å². The Morgan fingerprint density at radius 2 is 2.10 bits per heavy atom. The van der Waals surface area contributed by atoms with Crippen LogP contribution in [0, 0.1) is 5.82 Å². The molecule has 0 saturated carbocycles. The molecular formula is C17H17BrFNS. The van der Waals surface area contributed by atoms with Crippen molar-refractivity contribution in [1.82, 2.24) is 5.32 Å². The molecule has 1 aliphatic heterocycles. The molecule has 0 saturated heterocycles. The van der Waals surface area contributed by atoms with Crippen molar-refractivity contribution >= 4 is 27.7 Å². The molecule has 0 bridgehead atoms. The molecule has 0 spiro atoms. The molecule has 1 heterocycles. The van der Waals surface area contributed by atoms with E-state index in [0.717, 1.165) is 22.2 Å². The minimum Gasteiger partial charge on any atom is -0.303 e. The summed E-state index contributed by atoms with van der Waals surface area (Å²) in [5, 5.41) is 3.69. The number of nitrogens with one attached hydrogen (secondary N) is 1. The van der Waals surface area contributed by atoms with Gasteiger partial charge in [-0.25, -0.2) is 4.39 Å². The lowest BCUT2D eigenvalue weighted by Crippen LogP contribution is -2.27. The zero-order chi connectivity index (χ0) is 14.8. The summed E-state index contributed by atoms with van der Waals surface area (Å²) in [4.78, 5) is 1.37. The van der Waals surface area contributed by atoms with Crippen molar-refractivity contribution in [2.45, 2.75) is 30.3 Å². The van der Waals surface area contributed by atoms with Gasteiger partial charge in [-0.15, -0.1) is 11.8 Å².